The SMILES string of the molecule is CCCCc1ccccc1-c1cccc2[cH-]c(-c3ccccc3)cc12.CCCCc1ccccc1-c1cccc2[cH-]c(-c3ccccc3)cc12.C[Si]C.[Zr+2]. The monoisotopic (exact) mass is 794 g/mol. The van der Waals surface area contributed by atoms with Crippen LogP contribution in [0.25, 0.3) is 66.1 Å². The minimum Gasteiger partial charge on any atom is -0.144 e. The van der Waals surface area contributed by atoms with E-state index in [0.29, 0.717) is 0 Å². The molecule has 268 valence electrons. The minimum atomic E-state index is 0. The van der Waals surface area contributed by atoms with Crippen LogP contribution in [-0.4, -0.2) is 9.52 Å². The Bertz CT molecular complexity index is 2140. The van der Waals surface area contributed by atoms with Crippen molar-refractivity contribution in [3.63, 3.8) is 0 Å². The third kappa shape index (κ3) is 10.0. The van der Waals surface area contributed by atoms with Gasteiger partial charge in [0.05, 0.1) is 0 Å². The summed E-state index contributed by atoms with van der Waals surface area (Å²) in [4.78, 5) is 0. The zero-order valence-electron chi connectivity index (χ0n) is 32.4. The first kappa shape index (κ1) is 40.8. The van der Waals surface area contributed by atoms with Crippen molar-refractivity contribution in [3.05, 3.63) is 181 Å². The smallest absolute Gasteiger partial charge is 0.144 e. The van der Waals surface area contributed by atoms with Gasteiger partial charge in [-0.05, 0) is 47.9 Å². The van der Waals surface area contributed by atoms with E-state index in [1.807, 2.05) is 0 Å². The molecule has 8 aromatic carbocycles. The molecular weight excluding hydrogens is 744 g/mol. The molecule has 0 amide bonds. The van der Waals surface area contributed by atoms with Gasteiger partial charge in [0.25, 0.3) is 0 Å². The van der Waals surface area contributed by atoms with E-state index in [-0.39, 0.29) is 26.2 Å². The summed E-state index contributed by atoms with van der Waals surface area (Å²) in [6, 6.07) is 61.7. The first-order chi connectivity index (χ1) is 26.1. The quantitative estimate of drug-likeness (QED) is 0.0955. The van der Waals surface area contributed by atoms with Crippen molar-refractivity contribution < 1.29 is 26.2 Å². The summed E-state index contributed by atoms with van der Waals surface area (Å²) < 4.78 is 0. The summed E-state index contributed by atoms with van der Waals surface area (Å²) in [5.41, 5.74) is 13.5. The summed E-state index contributed by atoms with van der Waals surface area (Å²) >= 11 is 0. The molecule has 0 heterocycles. The van der Waals surface area contributed by atoms with Crippen LogP contribution in [0.1, 0.15) is 50.7 Å². The maximum absolute atomic E-state index is 2.34. The fourth-order valence-electron chi connectivity index (χ4n) is 7.27. The normalized spacial score (nSPS) is 10.6. The molecule has 0 saturated carbocycles. The average molecular weight is 796 g/mol. The van der Waals surface area contributed by atoms with Crippen molar-refractivity contribution in [2.45, 2.75) is 65.5 Å². The molecule has 0 fully saturated rings. The molecule has 0 saturated heterocycles. The molecule has 0 aliphatic heterocycles. The third-order valence-corrected chi connectivity index (χ3v) is 9.93. The van der Waals surface area contributed by atoms with Gasteiger partial charge in [-0.15, -0.1) is 69.1 Å². The van der Waals surface area contributed by atoms with Crippen LogP contribution in [0.15, 0.2) is 170 Å². The van der Waals surface area contributed by atoms with Crippen molar-refractivity contribution in [2.24, 2.45) is 0 Å². The van der Waals surface area contributed by atoms with Gasteiger partial charge in [-0.25, -0.2) is 0 Å². The summed E-state index contributed by atoms with van der Waals surface area (Å²) in [5, 5.41) is 5.35. The number of benzene rings is 6. The molecule has 8 rings (SSSR count). The van der Waals surface area contributed by atoms with E-state index < -0.39 is 0 Å². The molecule has 0 bridgehead atoms. The maximum Gasteiger partial charge on any atom is 2.00 e. The topological polar surface area (TPSA) is 0 Å². The number of fused-ring (bicyclic) bond motifs is 2. The summed E-state index contributed by atoms with van der Waals surface area (Å²) in [5.74, 6) is 0. The van der Waals surface area contributed by atoms with Gasteiger partial charge in [0, 0.05) is 9.52 Å². The number of hydrogen-bond acceptors (Lipinski definition) is 0. The molecule has 2 radical (unpaired) electrons. The summed E-state index contributed by atoms with van der Waals surface area (Å²) in [6.45, 7) is 8.82. The van der Waals surface area contributed by atoms with Crippen LogP contribution in [-0.2, 0) is 39.0 Å². The Hall–Kier alpha value is -4.36. The van der Waals surface area contributed by atoms with E-state index in [4.69, 9.17) is 0 Å². The molecule has 0 nitrogen and oxygen atoms in total. The molecule has 0 atom stereocenters. The zero-order valence-corrected chi connectivity index (χ0v) is 35.9. The average Bonchev–Trinajstić information content (AvgIpc) is 3.86. The Labute approximate surface area is 346 Å². The summed E-state index contributed by atoms with van der Waals surface area (Å²) in [6.07, 6.45) is 7.23. The Balaban J connectivity index is 0.000000190. The molecule has 0 unspecified atom stereocenters. The second-order valence-electron chi connectivity index (χ2n) is 13.9. The standard InChI is InChI=1S/2C25H23.C2H6Si.Zr/c2*1-2-3-10-20-13-7-8-15-23(20)24-16-9-14-21-17-22(18-25(21)24)19-11-5-4-6-12-19;1-3-2;/h2*4-9,11-18H,2-3,10H2,1H3;1-2H3;/q2*-1;;+2. The number of hydrogen-bond donors (Lipinski definition) is 0. The van der Waals surface area contributed by atoms with Crippen LogP contribution in [0.4, 0.5) is 0 Å². The molecule has 0 spiro atoms. The van der Waals surface area contributed by atoms with Crippen molar-refractivity contribution in [3.8, 4) is 44.5 Å². The van der Waals surface area contributed by atoms with E-state index in [1.165, 1.54) is 103 Å². The van der Waals surface area contributed by atoms with E-state index in [9.17, 15) is 0 Å². The first-order valence-corrected chi connectivity index (χ1v) is 21.4. The Morgan fingerprint density at radius 2 is 0.778 bits per heavy atom. The molecule has 2 heteroatoms. The molecular formula is C52H52SiZr. The predicted molar refractivity (Wildman–Crippen MR) is 236 cm³/mol. The third-order valence-electron chi connectivity index (χ3n) is 9.93. The van der Waals surface area contributed by atoms with E-state index in [1.54, 1.807) is 0 Å². The van der Waals surface area contributed by atoms with Gasteiger partial charge in [0.1, 0.15) is 0 Å². The maximum atomic E-state index is 2.34. The number of unbranched alkanes of at least 4 members (excludes halogenated alkanes) is 2. The molecule has 0 aromatic heterocycles. The first-order valence-electron chi connectivity index (χ1n) is 19.4. The fraction of sp³-hybridized carbons (Fsp3) is 0.192. The number of rotatable bonds is 10. The van der Waals surface area contributed by atoms with E-state index in [2.05, 4.69) is 197 Å². The van der Waals surface area contributed by atoms with Crippen molar-refractivity contribution in [2.75, 3.05) is 0 Å². The Kier molecular flexibility index (Phi) is 15.8. The number of aryl methyl sites for hydroxylation is 2. The van der Waals surface area contributed by atoms with Gasteiger partial charge in [-0.3, -0.25) is 0 Å². The second kappa shape index (κ2) is 20.9. The van der Waals surface area contributed by atoms with Crippen LogP contribution in [0, 0.1) is 0 Å². The van der Waals surface area contributed by atoms with Gasteiger partial charge < -0.3 is 0 Å². The molecule has 0 aliphatic rings. The van der Waals surface area contributed by atoms with Gasteiger partial charge in [-0.1, -0.05) is 195 Å². The van der Waals surface area contributed by atoms with Gasteiger partial charge >= 0.3 is 26.2 Å². The molecule has 0 aliphatic carbocycles. The van der Waals surface area contributed by atoms with Gasteiger partial charge in [-0.2, -0.15) is 0 Å². The predicted octanol–water partition coefficient (Wildman–Crippen LogP) is 15.3. The van der Waals surface area contributed by atoms with Crippen molar-refractivity contribution in [1.29, 1.82) is 0 Å². The van der Waals surface area contributed by atoms with Crippen LogP contribution in [0.3, 0.4) is 0 Å². The molecule has 8 aromatic rings. The van der Waals surface area contributed by atoms with Crippen LogP contribution in [0.5, 0.6) is 0 Å². The van der Waals surface area contributed by atoms with Gasteiger partial charge in [0.2, 0.25) is 0 Å². The second-order valence-corrected chi connectivity index (χ2v) is 14.9. The molecule has 0 N–H and O–H groups in total. The summed E-state index contributed by atoms with van der Waals surface area (Å²) in [7, 11) is 1.08. The van der Waals surface area contributed by atoms with Crippen molar-refractivity contribution in [1.82, 2.24) is 0 Å². The van der Waals surface area contributed by atoms with Crippen LogP contribution < -0.4 is 0 Å². The fourth-order valence-corrected chi connectivity index (χ4v) is 7.27. The van der Waals surface area contributed by atoms with Gasteiger partial charge in [0.15, 0.2) is 0 Å². The zero-order chi connectivity index (χ0) is 36.8. The van der Waals surface area contributed by atoms with Crippen LogP contribution >= 0.6 is 0 Å². The Morgan fingerprint density at radius 3 is 1.17 bits per heavy atom. The van der Waals surface area contributed by atoms with Crippen LogP contribution in [0.2, 0.25) is 13.1 Å². The molecule has 54 heavy (non-hydrogen) atoms. The Morgan fingerprint density at radius 1 is 0.426 bits per heavy atom. The van der Waals surface area contributed by atoms with Crippen molar-refractivity contribution >= 4 is 31.1 Å². The van der Waals surface area contributed by atoms with E-state index in [0.717, 1.165) is 22.4 Å². The minimum absolute atomic E-state index is 0. The largest absolute Gasteiger partial charge is 2.00 e. The van der Waals surface area contributed by atoms with E-state index >= 15 is 0 Å².